The van der Waals surface area contributed by atoms with Gasteiger partial charge >= 0.3 is 5.69 Å². The maximum atomic E-state index is 11.9. The van der Waals surface area contributed by atoms with E-state index in [-0.39, 0.29) is 17.3 Å². The van der Waals surface area contributed by atoms with Gasteiger partial charge in [-0.15, -0.1) is 5.10 Å². The van der Waals surface area contributed by atoms with E-state index < -0.39 is 4.92 Å². The highest BCUT2D eigenvalue weighted by Crippen LogP contribution is 2.30. The first-order chi connectivity index (χ1) is 13.2. The Labute approximate surface area is 150 Å². The first-order valence-electron chi connectivity index (χ1n) is 7.97. The molecule has 0 bridgehead atoms. The summed E-state index contributed by atoms with van der Waals surface area (Å²) in [6.45, 7) is 0. The van der Waals surface area contributed by atoms with E-state index in [4.69, 9.17) is 0 Å². The Morgan fingerprint density at radius 2 is 1.56 bits per heavy atom. The third-order valence-electron chi connectivity index (χ3n) is 4.20. The van der Waals surface area contributed by atoms with Crippen molar-refractivity contribution in [1.82, 2.24) is 34.5 Å². The minimum atomic E-state index is -0.518. The third-order valence-corrected chi connectivity index (χ3v) is 4.20. The lowest BCUT2D eigenvalue weighted by Gasteiger charge is -2.07. The van der Waals surface area contributed by atoms with E-state index in [9.17, 15) is 10.1 Å². The number of para-hydroxylation sites is 3. The predicted octanol–water partition coefficient (Wildman–Crippen LogP) is 2.46. The second-order valence-electron chi connectivity index (χ2n) is 5.72. The number of nitro groups is 1. The number of aromatic nitrogens is 7. The van der Waals surface area contributed by atoms with Gasteiger partial charge in [0.15, 0.2) is 0 Å². The molecule has 0 spiro atoms. The Balaban J connectivity index is 1.82. The van der Waals surface area contributed by atoms with Crippen LogP contribution < -0.4 is 0 Å². The van der Waals surface area contributed by atoms with Crippen molar-refractivity contribution in [2.75, 3.05) is 0 Å². The molecule has 130 valence electrons. The first-order valence-corrected chi connectivity index (χ1v) is 7.97. The average molecular weight is 358 g/mol. The minimum absolute atomic E-state index is 0.0384. The molecule has 0 N–H and O–H groups in total. The molecule has 2 aromatic carbocycles. The molecule has 0 aliphatic heterocycles. The van der Waals surface area contributed by atoms with Gasteiger partial charge < -0.3 is 0 Å². The molecular formula is C17H10N8O2. The van der Waals surface area contributed by atoms with Crippen LogP contribution in [0.5, 0.6) is 0 Å². The van der Waals surface area contributed by atoms with Crippen LogP contribution in [0.25, 0.3) is 33.7 Å². The van der Waals surface area contributed by atoms with E-state index >= 15 is 0 Å². The normalized spacial score (nSPS) is 11.3. The molecule has 27 heavy (non-hydrogen) atoms. The van der Waals surface area contributed by atoms with Crippen molar-refractivity contribution in [2.45, 2.75) is 0 Å². The second kappa shape index (κ2) is 5.66. The van der Waals surface area contributed by atoms with Gasteiger partial charge in [-0.3, -0.25) is 14.7 Å². The SMILES string of the molecule is O=[N+]([O-])c1c(-n2cnc3ccccc32)ncnc1-n1nnc2ccccc21. The van der Waals surface area contributed by atoms with Gasteiger partial charge in [-0.2, -0.15) is 4.68 Å². The second-order valence-corrected chi connectivity index (χ2v) is 5.72. The molecule has 10 heteroatoms. The molecule has 0 saturated carbocycles. The number of benzene rings is 2. The fraction of sp³-hybridized carbons (Fsp3) is 0. The van der Waals surface area contributed by atoms with Crippen molar-refractivity contribution >= 4 is 27.8 Å². The van der Waals surface area contributed by atoms with Crippen LogP contribution >= 0.6 is 0 Å². The van der Waals surface area contributed by atoms with E-state index in [1.165, 1.54) is 17.3 Å². The highest BCUT2D eigenvalue weighted by atomic mass is 16.6. The van der Waals surface area contributed by atoms with E-state index in [2.05, 4.69) is 25.3 Å². The molecule has 5 aromatic rings. The van der Waals surface area contributed by atoms with E-state index in [0.29, 0.717) is 22.1 Å². The standard InChI is InChI=1S/C17H10N8O2/c26-25(27)15-16(23-10-20-11-5-1-3-7-13(11)23)18-9-19-17(15)24-14-8-4-2-6-12(14)21-22-24/h1-10H. The molecule has 3 heterocycles. The zero-order chi connectivity index (χ0) is 18.4. The zero-order valence-corrected chi connectivity index (χ0v) is 13.7. The molecular weight excluding hydrogens is 348 g/mol. The number of hydrogen-bond donors (Lipinski definition) is 0. The molecule has 5 rings (SSSR count). The van der Waals surface area contributed by atoms with E-state index in [0.717, 1.165) is 0 Å². The quantitative estimate of drug-likeness (QED) is 0.359. The molecule has 0 amide bonds. The Bertz CT molecular complexity index is 1230. The fourth-order valence-corrected chi connectivity index (χ4v) is 3.01. The molecule has 0 aliphatic carbocycles. The van der Waals surface area contributed by atoms with Gasteiger partial charge in [0, 0.05) is 0 Å². The number of nitrogens with zero attached hydrogens (tertiary/aromatic N) is 8. The van der Waals surface area contributed by atoms with Crippen LogP contribution in [0.4, 0.5) is 5.69 Å². The fourth-order valence-electron chi connectivity index (χ4n) is 3.01. The molecule has 0 atom stereocenters. The van der Waals surface area contributed by atoms with Crippen LogP contribution in [-0.4, -0.2) is 39.4 Å². The third kappa shape index (κ3) is 2.24. The van der Waals surface area contributed by atoms with Crippen molar-refractivity contribution in [3.8, 4) is 11.6 Å². The summed E-state index contributed by atoms with van der Waals surface area (Å²) >= 11 is 0. The minimum Gasteiger partial charge on any atom is -0.277 e. The summed E-state index contributed by atoms with van der Waals surface area (Å²) in [5.74, 6) is 0.148. The van der Waals surface area contributed by atoms with E-state index in [1.54, 1.807) is 22.8 Å². The number of imidazole rings is 1. The Kier molecular flexibility index (Phi) is 3.16. The summed E-state index contributed by atoms with van der Waals surface area (Å²) in [5.41, 5.74) is 2.35. The van der Waals surface area contributed by atoms with Gasteiger partial charge in [0.1, 0.15) is 18.2 Å². The van der Waals surface area contributed by atoms with Crippen molar-refractivity contribution in [1.29, 1.82) is 0 Å². The lowest BCUT2D eigenvalue weighted by atomic mass is 10.3. The van der Waals surface area contributed by atoms with Gasteiger partial charge in [-0.25, -0.2) is 15.0 Å². The summed E-state index contributed by atoms with van der Waals surface area (Å²) in [7, 11) is 0. The lowest BCUT2D eigenvalue weighted by molar-refractivity contribution is -0.384. The molecule has 0 saturated heterocycles. The predicted molar refractivity (Wildman–Crippen MR) is 95.7 cm³/mol. The van der Waals surface area contributed by atoms with Crippen molar-refractivity contribution in [3.05, 3.63) is 71.3 Å². The van der Waals surface area contributed by atoms with Gasteiger partial charge in [-0.05, 0) is 24.3 Å². The smallest absolute Gasteiger partial charge is 0.277 e. The van der Waals surface area contributed by atoms with Crippen LogP contribution in [-0.2, 0) is 0 Å². The summed E-state index contributed by atoms with van der Waals surface area (Å²) in [4.78, 5) is 24.0. The van der Waals surface area contributed by atoms with Crippen LogP contribution in [0.1, 0.15) is 0 Å². The molecule has 0 radical (unpaired) electrons. The summed E-state index contributed by atoms with van der Waals surface area (Å²) in [6.07, 6.45) is 2.77. The van der Waals surface area contributed by atoms with Gasteiger partial charge in [-0.1, -0.05) is 29.5 Å². The summed E-state index contributed by atoms with van der Waals surface area (Å²) in [5, 5.41) is 20.0. The topological polar surface area (TPSA) is 117 Å². The van der Waals surface area contributed by atoms with Crippen molar-refractivity contribution in [2.24, 2.45) is 0 Å². The zero-order valence-electron chi connectivity index (χ0n) is 13.7. The van der Waals surface area contributed by atoms with Gasteiger partial charge in [0.05, 0.1) is 21.5 Å². The highest BCUT2D eigenvalue weighted by molar-refractivity contribution is 5.80. The Hall–Kier alpha value is -4.21. The van der Waals surface area contributed by atoms with Gasteiger partial charge in [0.25, 0.3) is 0 Å². The lowest BCUT2D eigenvalue weighted by Crippen LogP contribution is -2.10. The van der Waals surface area contributed by atoms with Crippen molar-refractivity contribution < 1.29 is 4.92 Å². The van der Waals surface area contributed by atoms with Crippen LogP contribution in [0.2, 0.25) is 0 Å². The highest BCUT2D eigenvalue weighted by Gasteiger charge is 2.28. The molecule has 3 aromatic heterocycles. The molecule has 0 fully saturated rings. The van der Waals surface area contributed by atoms with Crippen LogP contribution in [0.15, 0.2) is 61.2 Å². The largest absolute Gasteiger partial charge is 0.356 e. The molecule has 0 unspecified atom stereocenters. The number of hydrogen-bond acceptors (Lipinski definition) is 7. The van der Waals surface area contributed by atoms with Crippen LogP contribution in [0.3, 0.4) is 0 Å². The number of fused-ring (bicyclic) bond motifs is 2. The molecule has 0 aliphatic rings. The maximum Gasteiger partial charge on any atom is 0.356 e. The summed E-state index contributed by atoms with van der Waals surface area (Å²) in [6, 6.07) is 14.5. The Morgan fingerprint density at radius 3 is 2.37 bits per heavy atom. The van der Waals surface area contributed by atoms with Crippen LogP contribution in [0, 0.1) is 10.1 Å². The maximum absolute atomic E-state index is 11.9. The first kappa shape index (κ1) is 15.1. The molecule has 10 nitrogen and oxygen atoms in total. The monoisotopic (exact) mass is 358 g/mol. The van der Waals surface area contributed by atoms with Crippen molar-refractivity contribution in [3.63, 3.8) is 0 Å². The number of rotatable bonds is 3. The summed E-state index contributed by atoms with van der Waals surface area (Å²) < 4.78 is 2.91. The average Bonchev–Trinajstić information content (AvgIpc) is 3.31. The van der Waals surface area contributed by atoms with Gasteiger partial charge in [0.2, 0.25) is 11.6 Å². The Morgan fingerprint density at radius 1 is 0.852 bits per heavy atom. The van der Waals surface area contributed by atoms with E-state index in [1.807, 2.05) is 30.3 Å².